The molecule has 0 saturated heterocycles. The van der Waals surface area contributed by atoms with Gasteiger partial charge < -0.3 is 0 Å². The summed E-state index contributed by atoms with van der Waals surface area (Å²) in [4.78, 5) is 3.87. The predicted octanol–water partition coefficient (Wildman–Crippen LogP) is 1.81. The molecule has 1 aromatic carbocycles. The molecule has 1 heterocycles. The predicted molar refractivity (Wildman–Crippen MR) is 59.8 cm³/mol. The van der Waals surface area contributed by atoms with Crippen molar-refractivity contribution in [1.82, 2.24) is 14.8 Å². The van der Waals surface area contributed by atoms with Crippen LogP contribution in [0.2, 0.25) is 0 Å². The number of nitriles is 1. The van der Waals surface area contributed by atoms with E-state index < -0.39 is 0 Å². The highest BCUT2D eigenvalue weighted by Gasteiger charge is 2.01. The van der Waals surface area contributed by atoms with Crippen molar-refractivity contribution in [3.63, 3.8) is 0 Å². The fraction of sp³-hybridized carbons (Fsp3) is 0.250. The summed E-state index contributed by atoms with van der Waals surface area (Å²) in [5, 5.41) is 12.6. The van der Waals surface area contributed by atoms with Gasteiger partial charge in [0.2, 0.25) is 0 Å². The van der Waals surface area contributed by atoms with Crippen LogP contribution in [0.3, 0.4) is 0 Å². The van der Waals surface area contributed by atoms with Gasteiger partial charge in [-0.15, -0.1) is 5.10 Å². The van der Waals surface area contributed by atoms with Crippen molar-refractivity contribution >= 4 is 0 Å². The Morgan fingerprint density at radius 3 is 2.50 bits per heavy atom. The minimum absolute atomic E-state index is 0.212. The number of aryl methyl sites for hydroxylation is 2. The molecule has 1 aromatic heterocycles. The van der Waals surface area contributed by atoms with E-state index in [2.05, 4.69) is 42.1 Å². The van der Waals surface area contributed by atoms with Crippen LogP contribution < -0.4 is 0 Å². The topological polar surface area (TPSA) is 54.5 Å². The van der Waals surface area contributed by atoms with E-state index in [0.717, 1.165) is 0 Å². The van der Waals surface area contributed by atoms with Crippen LogP contribution in [-0.2, 0) is 6.54 Å². The molecule has 0 radical (unpaired) electrons. The second-order valence-corrected chi connectivity index (χ2v) is 3.87. The van der Waals surface area contributed by atoms with Crippen LogP contribution in [-0.4, -0.2) is 14.8 Å². The van der Waals surface area contributed by atoms with E-state index in [1.807, 2.05) is 6.07 Å². The molecular weight excluding hydrogens is 200 g/mol. The zero-order chi connectivity index (χ0) is 11.5. The fourth-order valence-corrected chi connectivity index (χ4v) is 1.77. The van der Waals surface area contributed by atoms with Gasteiger partial charge in [0.15, 0.2) is 0 Å². The van der Waals surface area contributed by atoms with Crippen LogP contribution in [0.5, 0.6) is 0 Å². The number of hydrogen-bond donors (Lipinski definition) is 0. The van der Waals surface area contributed by atoms with E-state index in [9.17, 15) is 0 Å². The first-order valence-corrected chi connectivity index (χ1v) is 5.04. The zero-order valence-corrected chi connectivity index (χ0v) is 9.31. The molecule has 0 fully saturated rings. The highest BCUT2D eigenvalue weighted by atomic mass is 15.3. The molecule has 80 valence electrons. The van der Waals surface area contributed by atoms with E-state index in [4.69, 9.17) is 5.26 Å². The third-order valence-electron chi connectivity index (χ3n) is 2.26. The lowest BCUT2D eigenvalue weighted by Crippen LogP contribution is -2.01. The smallest absolute Gasteiger partial charge is 0.247 e. The maximum atomic E-state index is 8.62. The number of hydrogen-bond acceptors (Lipinski definition) is 3. The Morgan fingerprint density at radius 2 is 1.94 bits per heavy atom. The lowest BCUT2D eigenvalue weighted by Gasteiger charge is -2.04. The van der Waals surface area contributed by atoms with Crippen molar-refractivity contribution in [3.05, 3.63) is 47.0 Å². The minimum atomic E-state index is 0.212. The number of nitrogens with zero attached hydrogens (tertiary/aromatic N) is 4. The van der Waals surface area contributed by atoms with Crippen LogP contribution >= 0.6 is 0 Å². The molecule has 0 N–H and O–H groups in total. The second-order valence-electron chi connectivity index (χ2n) is 3.87. The molecule has 0 unspecified atom stereocenters. The maximum Gasteiger partial charge on any atom is 0.252 e. The van der Waals surface area contributed by atoms with Gasteiger partial charge in [-0.2, -0.15) is 5.26 Å². The van der Waals surface area contributed by atoms with Crippen molar-refractivity contribution < 1.29 is 0 Å². The van der Waals surface area contributed by atoms with Crippen molar-refractivity contribution in [3.8, 4) is 6.07 Å². The monoisotopic (exact) mass is 212 g/mol. The molecule has 0 bridgehead atoms. The van der Waals surface area contributed by atoms with Gasteiger partial charge in [0.05, 0.1) is 6.54 Å². The molecule has 2 rings (SSSR count). The summed E-state index contributed by atoms with van der Waals surface area (Å²) in [6, 6.07) is 8.27. The molecule has 0 aliphatic carbocycles. The molecule has 2 aromatic rings. The highest BCUT2D eigenvalue weighted by Crippen LogP contribution is 2.09. The summed E-state index contributed by atoms with van der Waals surface area (Å²) in [6.07, 6.45) is 1.58. The van der Waals surface area contributed by atoms with Crippen LogP contribution in [0.15, 0.2) is 24.5 Å². The Balaban J connectivity index is 2.23. The van der Waals surface area contributed by atoms with E-state index in [0.29, 0.717) is 6.54 Å². The van der Waals surface area contributed by atoms with E-state index in [1.165, 1.54) is 16.7 Å². The van der Waals surface area contributed by atoms with E-state index >= 15 is 0 Å². The standard InChI is InChI=1S/C12H12N4/c1-9-3-10(2)5-11(4-9)7-16-8-14-12(6-13)15-16/h3-5,8H,7H2,1-2H3. The summed E-state index contributed by atoms with van der Waals surface area (Å²) in [5.74, 6) is 0.212. The Labute approximate surface area is 94.2 Å². The first-order valence-electron chi connectivity index (χ1n) is 5.04. The van der Waals surface area contributed by atoms with Gasteiger partial charge in [-0.3, -0.25) is 0 Å². The van der Waals surface area contributed by atoms with Gasteiger partial charge in [0.1, 0.15) is 12.4 Å². The molecule has 4 heteroatoms. The summed E-state index contributed by atoms with van der Waals surface area (Å²) in [7, 11) is 0. The van der Waals surface area contributed by atoms with Crippen molar-refractivity contribution in [2.24, 2.45) is 0 Å². The quantitative estimate of drug-likeness (QED) is 0.762. The minimum Gasteiger partial charge on any atom is -0.247 e. The summed E-state index contributed by atoms with van der Waals surface area (Å²) in [5.41, 5.74) is 3.64. The van der Waals surface area contributed by atoms with Crippen molar-refractivity contribution in [2.45, 2.75) is 20.4 Å². The zero-order valence-electron chi connectivity index (χ0n) is 9.31. The van der Waals surface area contributed by atoms with Gasteiger partial charge in [-0.1, -0.05) is 29.3 Å². The first kappa shape index (κ1) is 10.4. The molecule has 0 atom stereocenters. The SMILES string of the molecule is Cc1cc(C)cc(Cn2cnc(C#N)n2)c1. The van der Waals surface area contributed by atoms with Gasteiger partial charge in [0.25, 0.3) is 5.82 Å². The Bertz CT molecular complexity index is 528. The van der Waals surface area contributed by atoms with Crippen LogP contribution in [0, 0.1) is 25.2 Å². The fourth-order valence-electron chi connectivity index (χ4n) is 1.77. The molecular formula is C12H12N4. The molecule has 0 aliphatic heterocycles. The average Bonchev–Trinajstić information content (AvgIpc) is 2.64. The maximum absolute atomic E-state index is 8.62. The first-order chi connectivity index (χ1) is 7.67. The lowest BCUT2D eigenvalue weighted by atomic mass is 10.1. The van der Waals surface area contributed by atoms with Crippen molar-refractivity contribution in [2.75, 3.05) is 0 Å². The number of rotatable bonds is 2. The third kappa shape index (κ3) is 2.26. The molecule has 4 nitrogen and oxygen atoms in total. The lowest BCUT2D eigenvalue weighted by molar-refractivity contribution is 0.681. The van der Waals surface area contributed by atoms with E-state index in [1.54, 1.807) is 11.0 Å². The summed E-state index contributed by atoms with van der Waals surface area (Å²) >= 11 is 0. The van der Waals surface area contributed by atoms with Gasteiger partial charge in [-0.05, 0) is 19.4 Å². The Hall–Kier alpha value is -2.15. The second kappa shape index (κ2) is 4.15. The van der Waals surface area contributed by atoms with Crippen LogP contribution in [0.4, 0.5) is 0 Å². The summed E-state index contributed by atoms with van der Waals surface area (Å²) in [6.45, 7) is 4.79. The molecule has 0 spiro atoms. The van der Waals surface area contributed by atoms with Crippen LogP contribution in [0.25, 0.3) is 0 Å². The summed E-state index contributed by atoms with van der Waals surface area (Å²) < 4.78 is 1.67. The van der Waals surface area contributed by atoms with Crippen LogP contribution in [0.1, 0.15) is 22.5 Å². The number of benzene rings is 1. The van der Waals surface area contributed by atoms with Gasteiger partial charge >= 0.3 is 0 Å². The average molecular weight is 212 g/mol. The number of aromatic nitrogens is 3. The van der Waals surface area contributed by atoms with Crippen molar-refractivity contribution in [1.29, 1.82) is 5.26 Å². The Morgan fingerprint density at radius 1 is 1.25 bits per heavy atom. The normalized spacial score (nSPS) is 10.1. The molecule has 0 aliphatic rings. The van der Waals surface area contributed by atoms with Gasteiger partial charge in [0, 0.05) is 0 Å². The largest absolute Gasteiger partial charge is 0.252 e. The van der Waals surface area contributed by atoms with E-state index in [-0.39, 0.29) is 5.82 Å². The third-order valence-corrected chi connectivity index (χ3v) is 2.26. The molecule has 0 saturated carbocycles. The Kier molecular flexibility index (Phi) is 2.69. The molecule has 16 heavy (non-hydrogen) atoms. The van der Waals surface area contributed by atoms with Gasteiger partial charge in [-0.25, -0.2) is 9.67 Å². The highest BCUT2D eigenvalue weighted by molar-refractivity contribution is 5.28. The molecule has 0 amide bonds.